The van der Waals surface area contributed by atoms with E-state index in [0.717, 1.165) is 44.2 Å². The third-order valence-electron chi connectivity index (χ3n) is 4.50. The van der Waals surface area contributed by atoms with Gasteiger partial charge in [-0.25, -0.2) is 4.39 Å². The SMILES string of the molecule is CCC1CCC(C(O)c2cc(F)cc(C(F)(F)F)c2)CC1. The van der Waals surface area contributed by atoms with Crippen LogP contribution >= 0.6 is 0 Å². The Morgan fingerprint density at radius 1 is 1.14 bits per heavy atom. The number of hydrogen-bond acceptors (Lipinski definition) is 1. The fourth-order valence-electron chi connectivity index (χ4n) is 3.13. The molecule has 1 fully saturated rings. The highest BCUT2D eigenvalue weighted by Crippen LogP contribution is 2.39. The third kappa shape index (κ3) is 3.96. The van der Waals surface area contributed by atoms with E-state index in [1.165, 1.54) is 0 Å². The maximum Gasteiger partial charge on any atom is 0.416 e. The molecule has 1 aromatic carbocycles. The van der Waals surface area contributed by atoms with E-state index in [4.69, 9.17) is 0 Å². The van der Waals surface area contributed by atoms with Crippen molar-refractivity contribution >= 4 is 0 Å². The second-order valence-electron chi connectivity index (χ2n) is 5.90. The van der Waals surface area contributed by atoms with Gasteiger partial charge in [0, 0.05) is 0 Å². The van der Waals surface area contributed by atoms with Crippen LogP contribution in [0.15, 0.2) is 18.2 Å². The summed E-state index contributed by atoms with van der Waals surface area (Å²) in [5.74, 6) is -0.413. The highest BCUT2D eigenvalue weighted by Gasteiger charge is 2.33. The average molecular weight is 304 g/mol. The molecule has 1 atom stereocenters. The topological polar surface area (TPSA) is 20.2 Å². The first kappa shape index (κ1) is 16.3. The Morgan fingerprint density at radius 2 is 1.76 bits per heavy atom. The Bertz CT molecular complexity index is 476. The summed E-state index contributed by atoms with van der Waals surface area (Å²) in [6.45, 7) is 2.11. The molecule has 2 rings (SSSR count). The van der Waals surface area contributed by atoms with Crippen molar-refractivity contribution in [3.63, 3.8) is 0 Å². The fourth-order valence-corrected chi connectivity index (χ4v) is 3.13. The van der Waals surface area contributed by atoms with Gasteiger partial charge in [-0.15, -0.1) is 0 Å². The van der Waals surface area contributed by atoms with E-state index < -0.39 is 23.7 Å². The molecule has 1 saturated carbocycles. The maximum absolute atomic E-state index is 13.4. The zero-order valence-electron chi connectivity index (χ0n) is 12.0. The van der Waals surface area contributed by atoms with Crippen LogP contribution in [0.1, 0.15) is 56.3 Å². The first-order valence-corrected chi connectivity index (χ1v) is 7.37. The minimum atomic E-state index is -4.60. The van der Waals surface area contributed by atoms with E-state index in [1.807, 2.05) is 0 Å². The Balaban J connectivity index is 2.16. The van der Waals surface area contributed by atoms with Gasteiger partial charge in [-0.05, 0) is 48.4 Å². The second kappa shape index (κ2) is 6.34. The number of hydrogen-bond donors (Lipinski definition) is 1. The van der Waals surface area contributed by atoms with Gasteiger partial charge in [0.05, 0.1) is 11.7 Å². The summed E-state index contributed by atoms with van der Waals surface area (Å²) in [6, 6.07) is 2.33. The van der Waals surface area contributed by atoms with Gasteiger partial charge in [0.15, 0.2) is 0 Å². The molecule has 0 amide bonds. The van der Waals surface area contributed by atoms with E-state index >= 15 is 0 Å². The van der Waals surface area contributed by atoms with Crippen LogP contribution < -0.4 is 0 Å². The van der Waals surface area contributed by atoms with Crippen molar-refractivity contribution in [3.8, 4) is 0 Å². The summed E-state index contributed by atoms with van der Waals surface area (Å²) in [5.41, 5.74) is -1.01. The molecule has 5 heteroatoms. The molecule has 0 aliphatic heterocycles. The second-order valence-corrected chi connectivity index (χ2v) is 5.90. The highest BCUT2D eigenvalue weighted by atomic mass is 19.4. The first-order chi connectivity index (χ1) is 9.81. The third-order valence-corrected chi connectivity index (χ3v) is 4.50. The number of benzene rings is 1. The Hall–Kier alpha value is -1.10. The quantitative estimate of drug-likeness (QED) is 0.771. The molecule has 1 aromatic rings. The largest absolute Gasteiger partial charge is 0.416 e. The average Bonchev–Trinajstić information content (AvgIpc) is 2.45. The molecule has 0 bridgehead atoms. The van der Waals surface area contributed by atoms with Gasteiger partial charge in [-0.2, -0.15) is 13.2 Å². The number of aliphatic hydroxyl groups excluding tert-OH is 1. The summed E-state index contributed by atoms with van der Waals surface area (Å²) in [4.78, 5) is 0. The standard InChI is InChI=1S/C16H20F4O/c1-2-10-3-5-11(6-4-10)15(21)12-7-13(16(18,19)20)9-14(17)8-12/h7-11,15,21H,2-6H2,1H3. The lowest BCUT2D eigenvalue weighted by Gasteiger charge is -2.31. The molecule has 1 aliphatic rings. The summed E-state index contributed by atoms with van der Waals surface area (Å²) in [7, 11) is 0. The molecule has 21 heavy (non-hydrogen) atoms. The van der Waals surface area contributed by atoms with Gasteiger partial charge in [0.1, 0.15) is 5.82 Å². The van der Waals surface area contributed by atoms with Gasteiger partial charge in [0.25, 0.3) is 0 Å². The van der Waals surface area contributed by atoms with E-state index in [-0.39, 0.29) is 11.5 Å². The Kier molecular flexibility index (Phi) is 4.91. The molecular formula is C16H20F4O. The monoisotopic (exact) mass is 304 g/mol. The lowest BCUT2D eigenvalue weighted by atomic mass is 9.77. The molecule has 1 nitrogen and oxygen atoms in total. The number of halogens is 4. The molecular weight excluding hydrogens is 284 g/mol. The Morgan fingerprint density at radius 3 is 2.29 bits per heavy atom. The van der Waals surface area contributed by atoms with Crippen LogP contribution in [0.4, 0.5) is 17.6 Å². The van der Waals surface area contributed by atoms with Crippen LogP contribution in [0, 0.1) is 17.7 Å². The summed E-state index contributed by atoms with van der Waals surface area (Å²) >= 11 is 0. The molecule has 1 unspecified atom stereocenters. The molecule has 1 aliphatic carbocycles. The first-order valence-electron chi connectivity index (χ1n) is 7.37. The summed E-state index contributed by atoms with van der Waals surface area (Å²) in [5, 5.41) is 10.3. The predicted octanol–water partition coefficient (Wildman–Crippen LogP) is 5.09. The molecule has 0 saturated heterocycles. The molecule has 1 N–H and O–H groups in total. The van der Waals surface area contributed by atoms with Gasteiger partial charge < -0.3 is 5.11 Å². The van der Waals surface area contributed by atoms with Crippen LogP contribution in [0.5, 0.6) is 0 Å². The highest BCUT2D eigenvalue weighted by molar-refractivity contribution is 5.28. The van der Waals surface area contributed by atoms with Crippen molar-refractivity contribution in [2.24, 2.45) is 11.8 Å². The maximum atomic E-state index is 13.4. The van der Waals surface area contributed by atoms with Crippen LogP contribution in [0.3, 0.4) is 0 Å². The summed E-state index contributed by atoms with van der Waals surface area (Å²) < 4.78 is 51.5. The molecule has 0 radical (unpaired) electrons. The normalized spacial score (nSPS) is 24.9. The summed E-state index contributed by atoms with van der Waals surface area (Å²) in [6.07, 6.45) is -1.05. The minimum Gasteiger partial charge on any atom is -0.388 e. The van der Waals surface area contributed by atoms with E-state index in [1.54, 1.807) is 0 Å². The van der Waals surface area contributed by atoms with Crippen molar-refractivity contribution in [2.45, 2.75) is 51.3 Å². The van der Waals surface area contributed by atoms with Crippen molar-refractivity contribution in [1.29, 1.82) is 0 Å². The molecule has 0 spiro atoms. The molecule has 0 heterocycles. The zero-order chi connectivity index (χ0) is 15.6. The van der Waals surface area contributed by atoms with E-state index in [9.17, 15) is 22.7 Å². The Labute approximate surface area is 122 Å². The van der Waals surface area contributed by atoms with Crippen molar-refractivity contribution in [2.75, 3.05) is 0 Å². The van der Waals surface area contributed by atoms with Crippen LogP contribution in [-0.2, 0) is 6.18 Å². The van der Waals surface area contributed by atoms with Gasteiger partial charge >= 0.3 is 6.18 Å². The van der Waals surface area contributed by atoms with Gasteiger partial charge in [-0.1, -0.05) is 26.2 Å². The van der Waals surface area contributed by atoms with Crippen molar-refractivity contribution < 1.29 is 22.7 Å². The fraction of sp³-hybridized carbons (Fsp3) is 0.625. The molecule has 118 valence electrons. The number of alkyl halides is 3. The smallest absolute Gasteiger partial charge is 0.388 e. The lowest BCUT2D eigenvalue weighted by Crippen LogP contribution is -2.21. The van der Waals surface area contributed by atoms with Crippen molar-refractivity contribution in [3.05, 3.63) is 35.1 Å². The zero-order valence-corrected chi connectivity index (χ0v) is 12.0. The minimum absolute atomic E-state index is 0.0299. The predicted molar refractivity (Wildman–Crippen MR) is 72.1 cm³/mol. The lowest BCUT2D eigenvalue weighted by molar-refractivity contribution is -0.137. The number of aliphatic hydroxyl groups is 1. The van der Waals surface area contributed by atoms with Crippen LogP contribution in [0.25, 0.3) is 0 Å². The molecule has 0 aromatic heterocycles. The van der Waals surface area contributed by atoms with Crippen LogP contribution in [0.2, 0.25) is 0 Å². The number of rotatable bonds is 3. The van der Waals surface area contributed by atoms with Crippen LogP contribution in [-0.4, -0.2) is 5.11 Å². The van der Waals surface area contributed by atoms with Gasteiger partial charge in [0.2, 0.25) is 0 Å². The van der Waals surface area contributed by atoms with Crippen molar-refractivity contribution in [1.82, 2.24) is 0 Å². The van der Waals surface area contributed by atoms with Gasteiger partial charge in [-0.3, -0.25) is 0 Å². The van der Waals surface area contributed by atoms with E-state index in [0.29, 0.717) is 12.0 Å². The van der Waals surface area contributed by atoms with E-state index in [2.05, 4.69) is 6.92 Å².